The molecule has 0 spiro atoms. The zero-order valence-corrected chi connectivity index (χ0v) is 10.6. The molecule has 0 aliphatic carbocycles. The summed E-state index contributed by atoms with van der Waals surface area (Å²) in [6.45, 7) is 6.34. The van der Waals surface area contributed by atoms with Crippen LogP contribution in [0, 0.1) is 11.3 Å². The van der Waals surface area contributed by atoms with E-state index >= 15 is 0 Å². The zero-order chi connectivity index (χ0) is 12.8. The minimum atomic E-state index is 0.306. The Bertz CT molecular complexity index is 428. The number of ether oxygens (including phenoxy) is 2. The van der Waals surface area contributed by atoms with E-state index in [0.29, 0.717) is 18.3 Å². The van der Waals surface area contributed by atoms with E-state index in [4.69, 9.17) is 14.7 Å². The van der Waals surface area contributed by atoms with Crippen LogP contribution in [0.2, 0.25) is 0 Å². The number of nitriles is 1. The maximum absolute atomic E-state index is 8.79. The molecule has 0 amide bonds. The average Bonchev–Trinajstić information content (AvgIpc) is 2.39. The van der Waals surface area contributed by atoms with Crippen LogP contribution in [0.15, 0.2) is 24.3 Å². The quantitative estimate of drug-likeness (QED) is 0.810. The van der Waals surface area contributed by atoms with Gasteiger partial charge in [0.1, 0.15) is 12.4 Å². The predicted octanol–water partition coefficient (Wildman–Crippen LogP) is 1.66. The summed E-state index contributed by atoms with van der Waals surface area (Å²) in [5, 5.41) is 8.79. The van der Waals surface area contributed by atoms with Crippen molar-refractivity contribution in [2.75, 3.05) is 32.8 Å². The fourth-order valence-electron chi connectivity index (χ4n) is 2.04. The molecule has 96 valence electrons. The van der Waals surface area contributed by atoms with Gasteiger partial charge in [-0.05, 0) is 25.1 Å². The van der Waals surface area contributed by atoms with E-state index in [0.717, 1.165) is 32.0 Å². The topological polar surface area (TPSA) is 45.5 Å². The molecule has 1 aromatic rings. The first-order chi connectivity index (χ1) is 8.78. The Hall–Kier alpha value is -1.57. The minimum Gasteiger partial charge on any atom is -0.492 e. The summed E-state index contributed by atoms with van der Waals surface area (Å²) in [4.78, 5) is 2.34. The van der Waals surface area contributed by atoms with E-state index in [-0.39, 0.29) is 0 Å². The van der Waals surface area contributed by atoms with Crippen LogP contribution in [-0.2, 0) is 4.74 Å². The van der Waals surface area contributed by atoms with Crippen LogP contribution < -0.4 is 4.74 Å². The fraction of sp³-hybridized carbons (Fsp3) is 0.500. The van der Waals surface area contributed by atoms with Crippen LogP contribution in [0.5, 0.6) is 5.75 Å². The van der Waals surface area contributed by atoms with Crippen molar-refractivity contribution in [1.29, 1.82) is 5.26 Å². The third-order valence-electron chi connectivity index (χ3n) is 2.96. The standard InChI is InChI=1S/C14H18N2O2/c1-12-11-16(5-7-17-12)6-8-18-14-4-2-3-13(9-14)10-15/h2-4,9,12H,5-8,11H2,1H3. The molecule has 2 rings (SSSR count). The summed E-state index contributed by atoms with van der Waals surface area (Å²) in [7, 11) is 0. The molecule has 1 fully saturated rings. The number of hydrogen-bond acceptors (Lipinski definition) is 4. The molecule has 1 saturated heterocycles. The van der Waals surface area contributed by atoms with Crippen LogP contribution in [0.3, 0.4) is 0 Å². The summed E-state index contributed by atoms with van der Waals surface area (Å²) in [6.07, 6.45) is 0.306. The molecule has 0 bridgehead atoms. The second-order valence-corrected chi connectivity index (χ2v) is 4.47. The van der Waals surface area contributed by atoms with Crippen molar-refractivity contribution in [1.82, 2.24) is 4.90 Å². The first-order valence-corrected chi connectivity index (χ1v) is 6.25. The van der Waals surface area contributed by atoms with Gasteiger partial charge < -0.3 is 9.47 Å². The fourth-order valence-corrected chi connectivity index (χ4v) is 2.04. The average molecular weight is 246 g/mol. The van der Waals surface area contributed by atoms with Crippen molar-refractivity contribution in [2.45, 2.75) is 13.0 Å². The molecule has 0 aromatic heterocycles. The molecule has 1 aliphatic heterocycles. The summed E-state index contributed by atoms with van der Waals surface area (Å²) < 4.78 is 11.1. The van der Waals surface area contributed by atoms with Crippen LogP contribution in [-0.4, -0.2) is 43.9 Å². The highest BCUT2D eigenvalue weighted by atomic mass is 16.5. The highest BCUT2D eigenvalue weighted by Crippen LogP contribution is 2.12. The van der Waals surface area contributed by atoms with Gasteiger partial charge in [-0.25, -0.2) is 0 Å². The lowest BCUT2D eigenvalue weighted by Crippen LogP contribution is -2.42. The molecule has 1 heterocycles. The molecule has 18 heavy (non-hydrogen) atoms. The van der Waals surface area contributed by atoms with Gasteiger partial charge in [-0.15, -0.1) is 0 Å². The zero-order valence-electron chi connectivity index (χ0n) is 10.6. The lowest BCUT2D eigenvalue weighted by molar-refractivity contribution is -0.0214. The first-order valence-electron chi connectivity index (χ1n) is 6.25. The molecular weight excluding hydrogens is 228 g/mol. The van der Waals surface area contributed by atoms with Crippen molar-refractivity contribution in [3.05, 3.63) is 29.8 Å². The third kappa shape index (κ3) is 3.73. The maximum atomic E-state index is 8.79. The number of rotatable bonds is 4. The molecule has 4 heteroatoms. The van der Waals surface area contributed by atoms with Gasteiger partial charge in [0.2, 0.25) is 0 Å². The van der Waals surface area contributed by atoms with Gasteiger partial charge in [-0.1, -0.05) is 6.07 Å². The van der Waals surface area contributed by atoms with Crippen LogP contribution in [0.4, 0.5) is 0 Å². The van der Waals surface area contributed by atoms with Gasteiger partial charge in [-0.3, -0.25) is 4.90 Å². The Kier molecular flexibility index (Phi) is 4.57. The van der Waals surface area contributed by atoms with E-state index in [2.05, 4.69) is 17.9 Å². The van der Waals surface area contributed by atoms with E-state index < -0.39 is 0 Å². The molecule has 1 aromatic carbocycles. The van der Waals surface area contributed by atoms with Crippen molar-refractivity contribution >= 4 is 0 Å². The highest BCUT2D eigenvalue weighted by molar-refractivity contribution is 5.36. The molecule has 0 saturated carbocycles. The number of nitrogens with zero attached hydrogens (tertiary/aromatic N) is 2. The van der Waals surface area contributed by atoms with Gasteiger partial charge in [0.25, 0.3) is 0 Å². The Morgan fingerprint density at radius 3 is 3.22 bits per heavy atom. The molecule has 0 radical (unpaired) electrons. The van der Waals surface area contributed by atoms with Crippen molar-refractivity contribution in [2.24, 2.45) is 0 Å². The normalized spacial score (nSPS) is 20.3. The Labute approximate surface area is 108 Å². The summed E-state index contributed by atoms with van der Waals surface area (Å²) in [5.41, 5.74) is 0.632. The van der Waals surface area contributed by atoms with Gasteiger partial charge in [0, 0.05) is 19.6 Å². The van der Waals surface area contributed by atoms with E-state index in [9.17, 15) is 0 Å². The van der Waals surface area contributed by atoms with Crippen LogP contribution in [0.1, 0.15) is 12.5 Å². The Balaban J connectivity index is 1.76. The number of benzene rings is 1. The summed E-state index contributed by atoms with van der Waals surface area (Å²) >= 11 is 0. The smallest absolute Gasteiger partial charge is 0.120 e. The predicted molar refractivity (Wildman–Crippen MR) is 68.5 cm³/mol. The van der Waals surface area contributed by atoms with E-state index in [1.807, 2.05) is 12.1 Å². The van der Waals surface area contributed by atoms with Gasteiger partial charge in [-0.2, -0.15) is 5.26 Å². The van der Waals surface area contributed by atoms with E-state index in [1.54, 1.807) is 12.1 Å². The molecule has 0 N–H and O–H groups in total. The van der Waals surface area contributed by atoms with Crippen molar-refractivity contribution < 1.29 is 9.47 Å². The van der Waals surface area contributed by atoms with Crippen LogP contribution >= 0.6 is 0 Å². The minimum absolute atomic E-state index is 0.306. The Morgan fingerprint density at radius 2 is 2.44 bits per heavy atom. The van der Waals surface area contributed by atoms with E-state index in [1.165, 1.54) is 0 Å². The van der Waals surface area contributed by atoms with Gasteiger partial charge in [0.05, 0.1) is 24.3 Å². The maximum Gasteiger partial charge on any atom is 0.120 e. The first kappa shape index (κ1) is 12.9. The molecule has 1 unspecified atom stereocenters. The highest BCUT2D eigenvalue weighted by Gasteiger charge is 2.15. The number of morpholine rings is 1. The summed E-state index contributed by atoms with van der Waals surface area (Å²) in [5.74, 6) is 0.760. The van der Waals surface area contributed by atoms with Crippen molar-refractivity contribution in [3.63, 3.8) is 0 Å². The SMILES string of the molecule is CC1CN(CCOc2cccc(C#N)c2)CCO1. The lowest BCUT2D eigenvalue weighted by Gasteiger charge is -2.30. The Morgan fingerprint density at radius 1 is 1.56 bits per heavy atom. The lowest BCUT2D eigenvalue weighted by atomic mass is 10.2. The van der Waals surface area contributed by atoms with Crippen molar-refractivity contribution in [3.8, 4) is 11.8 Å². The molecule has 1 atom stereocenters. The summed E-state index contributed by atoms with van der Waals surface area (Å²) in [6, 6.07) is 9.36. The second-order valence-electron chi connectivity index (χ2n) is 4.47. The third-order valence-corrected chi connectivity index (χ3v) is 2.96. The molecule has 1 aliphatic rings. The largest absolute Gasteiger partial charge is 0.492 e. The monoisotopic (exact) mass is 246 g/mol. The molecular formula is C14H18N2O2. The second kappa shape index (κ2) is 6.39. The van der Waals surface area contributed by atoms with Gasteiger partial charge in [0.15, 0.2) is 0 Å². The molecule has 4 nitrogen and oxygen atoms in total. The van der Waals surface area contributed by atoms with Gasteiger partial charge >= 0.3 is 0 Å². The number of hydrogen-bond donors (Lipinski definition) is 0. The van der Waals surface area contributed by atoms with Crippen LogP contribution in [0.25, 0.3) is 0 Å².